The molecule has 0 aliphatic heterocycles. The molecule has 0 fully saturated rings. The topological polar surface area (TPSA) is 53.1 Å². The van der Waals surface area contributed by atoms with Crippen molar-refractivity contribution in [2.24, 2.45) is 0 Å². The highest BCUT2D eigenvalue weighted by Gasteiger charge is 2.07. The van der Waals surface area contributed by atoms with E-state index in [-0.39, 0.29) is 0 Å². The summed E-state index contributed by atoms with van der Waals surface area (Å²) in [5.74, 6) is 1.58. The molecule has 0 aliphatic carbocycles. The summed E-state index contributed by atoms with van der Waals surface area (Å²) in [6.07, 6.45) is 3.10. The average molecular weight is 378 g/mol. The van der Waals surface area contributed by atoms with Crippen LogP contribution in [0.5, 0.6) is 0 Å². The molecule has 0 unspecified atom stereocenters. The van der Waals surface area contributed by atoms with Crippen molar-refractivity contribution in [3.63, 3.8) is 0 Å². The fourth-order valence-corrected chi connectivity index (χ4v) is 3.15. The van der Waals surface area contributed by atoms with Crippen LogP contribution in [0.2, 0.25) is 0 Å². The summed E-state index contributed by atoms with van der Waals surface area (Å²) in [6.45, 7) is 4.93. The third-order valence-electron chi connectivity index (χ3n) is 4.81. The van der Waals surface area contributed by atoms with Gasteiger partial charge in [-0.15, -0.1) is 0 Å². The second-order valence-corrected chi connectivity index (χ2v) is 7.34. The number of benzene rings is 2. The fourth-order valence-electron chi connectivity index (χ4n) is 3.15. The Bertz CT molecular complexity index is 874. The summed E-state index contributed by atoms with van der Waals surface area (Å²) in [5, 5.41) is 7.94. The van der Waals surface area contributed by atoms with Crippen molar-refractivity contribution in [1.82, 2.24) is 14.9 Å². The van der Waals surface area contributed by atoms with Crippen molar-refractivity contribution >= 4 is 22.7 Å². The van der Waals surface area contributed by atoms with E-state index < -0.39 is 0 Å². The van der Waals surface area contributed by atoms with Gasteiger partial charge >= 0.3 is 0 Å². The molecule has 2 aromatic carbocycles. The van der Waals surface area contributed by atoms with Crippen LogP contribution in [-0.4, -0.2) is 48.6 Å². The van der Waals surface area contributed by atoms with Gasteiger partial charge in [-0.2, -0.15) is 4.98 Å². The molecule has 0 saturated carbocycles. The number of rotatable bonds is 10. The van der Waals surface area contributed by atoms with Crippen molar-refractivity contribution < 1.29 is 0 Å². The van der Waals surface area contributed by atoms with Gasteiger partial charge in [0.2, 0.25) is 5.95 Å². The molecule has 5 nitrogen and oxygen atoms in total. The number of anilines is 2. The van der Waals surface area contributed by atoms with Gasteiger partial charge in [0, 0.05) is 18.5 Å². The van der Waals surface area contributed by atoms with E-state index >= 15 is 0 Å². The zero-order chi connectivity index (χ0) is 19.8. The average Bonchev–Trinajstić information content (AvgIpc) is 2.71. The molecule has 0 spiro atoms. The number of para-hydroxylation sites is 1. The summed E-state index contributed by atoms with van der Waals surface area (Å²) in [6, 6.07) is 17.0. The van der Waals surface area contributed by atoms with E-state index in [1.165, 1.54) is 11.1 Å². The van der Waals surface area contributed by atoms with Crippen molar-refractivity contribution in [3.05, 3.63) is 59.7 Å². The van der Waals surface area contributed by atoms with Gasteiger partial charge in [0.25, 0.3) is 0 Å². The lowest BCUT2D eigenvalue weighted by Gasteiger charge is -2.13. The molecule has 3 rings (SSSR count). The molecule has 1 heterocycles. The lowest BCUT2D eigenvalue weighted by Crippen LogP contribution is -2.17. The van der Waals surface area contributed by atoms with Crippen LogP contribution >= 0.6 is 0 Å². The van der Waals surface area contributed by atoms with Crippen LogP contribution in [0.1, 0.15) is 24.5 Å². The van der Waals surface area contributed by atoms with Crippen molar-refractivity contribution in [3.8, 4) is 0 Å². The number of hydrogen-bond acceptors (Lipinski definition) is 5. The largest absolute Gasteiger partial charge is 0.369 e. The number of nitrogens with zero attached hydrogens (tertiary/aromatic N) is 3. The third kappa shape index (κ3) is 5.67. The molecular weight excluding hydrogens is 346 g/mol. The SMILES string of the molecule is CCc1ccc(CCNc2nc(NCCCN(C)C)c3ccccc3n2)cc1. The molecule has 2 N–H and O–H groups in total. The highest BCUT2D eigenvalue weighted by atomic mass is 15.1. The van der Waals surface area contributed by atoms with Gasteiger partial charge in [-0.25, -0.2) is 4.98 Å². The zero-order valence-corrected chi connectivity index (χ0v) is 17.2. The van der Waals surface area contributed by atoms with Gasteiger partial charge < -0.3 is 15.5 Å². The molecule has 1 aromatic heterocycles. The smallest absolute Gasteiger partial charge is 0.225 e. The second kappa shape index (κ2) is 10.0. The van der Waals surface area contributed by atoms with Crippen molar-refractivity contribution in [2.75, 3.05) is 44.4 Å². The summed E-state index contributed by atoms with van der Waals surface area (Å²) >= 11 is 0. The number of hydrogen-bond donors (Lipinski definition) is 2. The van der Waals surface area contributed by atoms with Gasteiger partial charge in [-0.1, -0.05) is 43.3 Å². The summed E-state index contributed by atoms with van der Waals surface area (Å²) in [4.78, 5) is 11.6. The molecule has 5 heteroatoms. The molecule has 148 valence electrons. The van der Waals surface area contributed by atoms with E-state index in [0.717, 1.165) is 55.6 Å². The molecule has 0 radical (unpaired) electrons. The van der Waals surface area contributed by atoms with E-state index in [9.17, 15) is 0 Å². The van der Waals surface area contributed by atoms with Crippen LogP contribution in [0.25, 0.3) is 10.9 Å². The minimum absolute atomic E-state index is 0.680. The molecule has 0 saturated heterocycles. The minimum atomic E-state index is 0.680. The van der Waals surface area contributed by atoms with Crippen LogP contribution < -0.4 is 10.6 Å². The van der Waals surface area contributed by atoms with Gasteiger partial charge in [0.05, 0.1) is 5.52 Å². The van der Waals surface area contributed by atoms with Gasteiger partial charge in [-0.3, -0.25) is 0 Å². The molecule has 0 aliphatic rings. The highest BCUT2D eigenvalue weighted by Crippen LogP contribution is 2.21. The quantitative estimate of drug-likeness (QED) is 0.518. The lowest BCUT2D eigenvalue weighted by molar-refractivity contribution is 0.405. The van der Waals surface area contributed by atoms with Crippen LogP contribution in [0, 0.1) is 0 Å². The Kier molecular flexibility index (Phi) is 7.20. The number of nitrogens with one attached hydrogen (secondary N) is 2. The summed E-state index contributed by atoms with van der Waals surface area (Å²) < 4.78 is 0. The Morgan fingerprint density at radius 2 is 1.61 bits per heavy atom. The fraction of sp³-hybridized carbons (Fsp3) is 0.391. The van der Waals surface area contributed by atoms with Gasteiger partial charge in [-0.05, 0) is 63.2 Å². The Morgan fingerprint density at radius 3 is 2.36 bits per heavy atom. The maximum atomic E-state index is 4.73. The number of fused-ring (bicyclic) bond motifs is 1. The Morgan fingerprint density at radius 1 is 0.857 bits per heavy atom. The summed E-state index contributed by atoms with van der Waals surface area (Å²) in [7, 11) is 4.19. The lowest BCUT2D eigenvalue weighted by atomic mass is 10.1. The van der Waals surface area contributed by atoms with Crippen molar-refractivity contribution in [2.45, 2.75) is 26.2 Å². The Labute approximate surface area is 168 Å². The minimum Gasteiger partial charge on any atom is -0.369 e. The monoisotopic (exact) mass is 377 g/mol. The molecule has 28 heavy (non-hydrogen) atoms. The van der Waals surface area contributed by atoms with Crippen LogP contribution in [-0.2, 0) is 12.8 Å². The number of aryl methyl sites for hydroxylation is 1. The first kappa shape index (κ1) is 20.1. The normalized spacial score (nSPS) is 11.1. The number of aromatic nitrogens is 2. The van der Waals surface area contributed by atoms with E-state index in [2.05, 4.69) is 71.9 Å². The maximum Gasteiger partial charge on any atom is 0.225 e. The first-order valence-corrected chi connectivity index (χ1v) is 10.1. The van der Waals surface area contributed by atoms with Gasteiger partial charge in [0.15, 0.2) is 0 Å². The molecule has 3 aromatic rings. The standard InChI is InChI=1S/C23H31N5/c1-4-18-10-12-19(13-11-18)14-16-25-23-26-21-9-6-5-8-20(21)22(27-23)24-15-7-17-28(2)3/h5-6,8-13H,4,7,14-17H2,1-3H3,(H2,24,25,26,27). The third-order valence-corrected chi connectivity index (χ3v) is 4.81. The summed E-state index contributed by atoms with van der Waals surface area (Å²) in [5.41, 5.74) is 3.66. The predicted octanol–water partition coefficient (Wildman–Crippen LogP) is 4.21. The Hall–Kier alpha value is -2.66. The Balaban J connectivity index is 1.64. The van der Waals surface area contributed by atoms with E-state index in [1.54, 1.807) is 0 Å². The van der Waals surface area contributed by atoms with E-state index in [0.29, 0.717) is 5.95 Å². The first-order valence-electron chi connectivity index (χ1n) is 10.1. The molecular formula is C23H31N5. The maximum absolute atomic E-state index is 4.73. The van der Waals surface area contributed by atoms with E-state index in [4.69, 9.17) is 4.98 Å². The van der Waals surface area contributed by atoms with Crippen molar-refractivity contribution in [1.29, 1.82) is 0 Å². The molecule has 0 bridgehead atoms. The zero-order valence-electron chi connectivity index (χ0n) is 17.2. The molecule has 0 amide bonds. The van der Waals surface area contributed by atoms with Crippen LogP contribution in [0.3, 0.4) is 0 Å². The highest BCUT2D eigenvalue weighted by molar-refractivity contribution is 5.89. The van der Waals surface area contributed by atoms with Gasteiger partial charge in [0.1, 0.15) is 5.82 Å². The van der Waals surface area contributed by atoms with Crippen LogP contribution in [0.15, 0.2) is 48.5 Å². The first-order chi connectivity index (χ1) is 13.7. The molecule has 0 atom stereocenters. The van der Waals surface area contributed by atoms with E-state index in [1.807, 2.05) is 18.2 Å². The second-order valence-electron chi connectivity index (χ2n) is 7.34. The predicted molar refractivity (Wildman–Crippen MR) is 119 cm³/mol. The van der Waals surface area contributed by atoms with Crippen LogP contribution in [0.4, 0.5) is 11.8 Å².